The summed E-state index contributed by atoms with van der Waals surface area (Å²) in [7, 11) is 0. The average Bonchev–Trinajstić information content (AvgIpc) is 3.17. The predicted octanol–water partition coefficient (Wildman–Crippen LogP) is 4.51. The summed E-state index contributed by atoms with van der Waals surface area (Å²) in [6, 6.07) is 5.81. The molecule has 1 saturated carbocycles. The molecule has 4 heteroatoms. The number of benzene rings is 1. The number of carbonyl (C=O) groups is 1. The topological polar surface area (TPSA) is 20.3 Å². The number of nitrogens with zero attached hydrogens (tertiary/aromatic N) is 1. The van der Waals surface area contributed by atoms with E-state index in [2.05, 4.69) is 22.9 Å². The van der Waals surface area contributed by atoms with Gasteiger partial charge < -0.3 is 4.90 Å². The molecule has 1 aromatic rings. The second kappa shape index (κ2) is 6.07. The van der Waals surface area contributed by atoms with E-state index in [0.717, 1.165) is 36.7 Å². The summed E-state index contributed by atoms with van der Waals surface area (Å²) in [5.41, 5.74) is 0.672. The molecule has 2 rings (SSSR count). The van der Waals surface area contributed by atoms with Crippen LogP contribution in [0.1, 0.15) is 43.0 Å². The third kappa shape index (κ3) is 3.27. The van der Waals surface area contributed by atoms with Crippen LogP contribution in [0.2, 0.25) is 5.02 Å². The zero-order chi connectivity index (χ0) is 13.1. The van der Waals surface area contributed by atoms with Crippen molar-refractivity contribution in [2.45, 2.75) is 38.6 Å². The largest absolute Gasteiger partial charge is 0.336 e. The van der Waals surface area contributed by atoms with Crippen LogP contribution in [0.3, 0.4) is 0 Å². The Morgan fingerprint density at radius 2 is 2.22 bits per heavy atom. The standard InChI is InChI=1S/C14H17BrClNO/c1-2-3-8-17(11-5-6-11)14(18)12-9-10(16)4-7-13(12)15/h4,7,9,11H,2-3,5-6,8H2,1H3. The van der Waals surface area contributed by atoms with Gasteiger partial charge in [0.25, 0.3) is 5.91 Å². The van der Waals surface area contributed by atoms with Crippen LogP contribution in [0.25, 0.3) is 0 Å². The van der Waals surface area contributed by atoms with Crippen molar-refractivity contribution in [2.24, 2.45) is 0 Å². The number of hydrogen-bond donors (Lipinski definition) is 0. The summed E-state index contributed by atoms with van der Waals surface area (Å²) in [5, 5.41) is 0.604. The number of hydrogen-bond acceptors (Lipinski definition) is 1. The first-order chi connectivity index (χ1) is 8.63. The maximum Gasteiger partial charge on any atom is 0.255 e. The summed E-state index contributed by atoms with van der Waals surface area (Å²) < 4.78 is 0.819. The Kier molecular flexibility index (Phi) is 4.68. The molecule has 0 radical (unpaired) electrons. The van der Waals surface area contributed by atoms with Gasteiger partial charge >= 0.3 is 0 Å². The van der Waals surface area contributed by atoms with Crippen LogP contribution >= 0.6 is 27.5 Å². The SMILES string of the molecule is CCCCN(C(=O)c1cc(Cl)ccc1Br)C1CC1. The molecular formula is C14H17BrClNO. The summed E-state index contributed by atoms with van der Waals surface area (Å²) in [6.07, 6.45) is 4.43. The van der Waals surface area contributed by atoms with Gasteiger partial charge in [0.2, 0.25) is 0 Å². The molecule has 0 unspecified atom stereocenters. The second-order valence-corrected chi connectivity index (χ2v) is 6.00. The molecule has 18 heavy (non-hydrogen) atoms. The molecule has 0 aliphatic heterocycles. The van der Waals surface area contributed by atoms with E-state index >= 15 is 0 Å². The van der Waals surface area contributed by atoms with Gasteiger partial charge in [-0.25, -0.2) is 0 Å². The van der Waals surface area contributed by atoms with Gasteiger partial charge in [0, 0.05) is 22.1 Å². The molecular weight excluding hydrogens is 314 g/mol. The molecule has 1 fully saturated rings. The lowest BCUT2D eigenvalue weighted by Crippen LogP contribution is -2.34. The first-order valence-electron chi connectivity index (χ1n) is 6.39. The third-order valence-electron chi connectivity index (χ3n) is 3.16. The molecule has 98 valence electrons. The Hall–Kier alpha value is -0.540. The normalized spacial score (nSPS) is 14.6. The van der Waals surface area contributed by atoms with E-state index in [4.69, 9.17) is 11.6 Å². The maximum absolute atomic E-state index is 12.5. The van der Waals surface area contributed by atoms with Crippen LogP contribution < -0.4 is 0 Å². The van der Waals surface area contributed by atoms with Gasteiger partial charge in [0.15, 0.2) is 0 Å². The fourth-order valence-corrected chi connectivity index (χ4v) is 2.57. The first-order valence-corrected chi connectivity index (χ1v) is 7.56. The molecule has 1 aromatic carbocycles. The van der Waals surface area contributed by atoms with Crippen molar-refractivity contribution in [3.63, 3.8) is 0 Å². The molecule has 0 spiro atoms. The third-order valence-corrected chi connectivity index (χ3v) is 4.09. The second-order valence-electron chi connectivity index (χ2n) is 4.71. The van der Waals surface area contributed by atoms with E-state index in [9.17, 15) is 4.79 Å². The molecule has 0 heterocycles. The number of amides is 1. The number of rotatable bonds is 5. The van der Waals surface area contributed by atoms with E-state index in [1.165, 1.54) is 0 Å². The monoisotopic (exact) mass is 329 g/mol. The zero-order valence-corrected chi connectivity index (χ0v) is 12.8. The van der Waals surface area contributed by atoms with Crippen LogP contribution in [-0.2, 0) is 0 Å². The lowest BCUT2D eigenvalue weighted by molar-refractivity contribution is 0.0740. The Morgan fingerprint density at radius 3 is 2.83 bits per heavy atom. The highest BCUT2D eigenvalue weighted by atomic mass is 79.9. The molecule has 0 aromatic heterocycles. The van der Waals surface area contributed by atoms with E-state index in [1.807, 2.05) is 11.0 Å². The van der Waals surface area contributed by atoms with Gasteiger partial charge in [-0.15, -0.1) is 0 Å². The summed E-state index contributed by atoms with van der Waals surface area (Å²) in [6.45, 7) is 2.99. The summed E-state index contributed by atoms with van der Waals surface area (Å²) in [4.78, 5) is 14.5. The van der Waals surface area contributed by atoms with Crippen molar-refractivity contribution in [1.82, 2.24) is 4.90 Å². The summed E-state index contributed by atoms with van der Waals surface area (Å²) in [5.74, 6) is 0.0975. The molecule has 1 amide bonds. The van der Waals surface area contributed by atoms with E-state index in [-0.39, 0.29) is 5.91 Å². The van der Waals surface area contributed by atoms with Crippen molar-refractivity contribution >= 4 is 33.4 Å². The molecule has 0 bridgehead atoms. The fourth-order valence-electron chi connectivity index (χ4n) is 1.98. The first kappa shape index (κ1) is 13.9. The van der Waals surface area contributed by atoms with Crippen molar-refractivity contribution in [1.29, 1.82) is 0 Å². The predicted molar refractivity (Wildman–Crippen MR) is 78.1 cm³/mol. The molecule has 2 nitrogen and oxygen atoms in total. The molecule has 1 aliphatic rings. The van der Waals surface area contributed by atoms with Gasteiger partial charge in [-0.3, -0.25) is 4.79 Å². The van der Waals surface area contributed by atoms with Gasteiger partial charge in [0.05, 0.1) is 5.56 Å². The molecule has 0 N–H and O–H groups in total. The lowest BCUT2D eigenvalue weighted by Gasteiger charge is -2.23. The minimum absolute atomic E-state index is 0.0975. The Bertz CT molecular complexity index is 445. The van der Waals surface area contributed by atoms with Crippen molar-refractivity contribution in [3.8, 4) is 0 Å². The van der Waals surface area contributed by atoms with Crippen LogP contribution in [0, 0.1) is 0 Å². The van der Waals surface area contributed by atoms with E-state index < -0.39 is 0 Å². The minimum Gasteiger partial charge on any atom is -0.336 e. The quantitative estimate of drug-likeness (QED) is 0.778. The average molecular weight is 331 g/mol. The highest BCUT2D eigenvalue weighted by molar-refractivity contribution is 9.10. The highest BCUT2D eigenvalue weighted by Gasteiger charge is 2.33. The number of halogens is 2. The van der Waals surface area contributed by atoms with Gasteiger partial charge in [-0.1, -0.05) is 24.9 Å². The van der Waals surface area contributed by atoms with E-state index in [0.29, 0.717) is 16.6 Å². The van der Waals surface area contributed by atoms with Crippen molar-refractivity contribution in [2.75, 3.05) is 6.54 Å². The lowest BCUT2D eigenvalue weighted by atomic mass is 10.2. The van der Waals surface area contributed by atoms with Crippen molar-refractivity contribution < 1.29 is 4.79 Å². The molecule has 1 aliphatic carbocycles. The minimum atomic E-state index is 0.0975. The smallest absolute Gasteiger partial charge is 0.255 e. The Balaban J connectivity index is 2.19. The number of unbranched alkanes of at least 4 members (excludes halogenated alkanes) is 1. The fraction of sp³-hybridized carbons (Fsp3) is 0.500. The van der Waals surface area contributed by atoms with Crippen LogP contribution in [0.4, 0.5) is 0 Å². The zero-order valence-electron chi connectivity index (χ0n) is 10.5. The van der Waals surface area contributed by atoms with Gasteiger partial charge in [0.1, 0.15) is 0 Å². The Labute approximate surface area is 121 Å². The molecule has 0 saturated heterocycles. The van der Waals surface area contributed by atoms with E-state index in [1.54, 1.807) is 12.1 Å². The van der Waals surface area contributed by atoms with Gasteiger partial charge in [-0.05, 0) is 53.4 Å². The highest BCUT2D eigenvalue weighted by Crippen LogP contribution is 2.31. The Morgan fingerprint density at radius 1 is 1.50 bits per heavy atom. The summed E-state index contributed by atoms with van der Waals surface area (Å²) >= 11 is 9.40. The van der Waals surface area contributed by atoms with Crippen LogP contribution in [-0.4, -0.2) is 23.4 Å². The molecule has 0 atom stereocenters. The van der Waals surface area contributed by atoms with Crippen LogP contribution in [0.15, 0.2) is 22.7 Å². The van der Waals surface area contributed by atoms with Crippen molar-refractivity contribution in [3.05, 3.63) is 33.3 Å². The van der Waals surface area contributed by atoms with Crippen LogP contribution in [0.5, 0.6) is 0 Å². The maximum atomic E-state index is 12.5. The van der Waals surface area contributed by atoms with Gasteiger partial charge in [-0.2, -0.15) is 0 Å². The number of carbonyl (C=O) groups excluding carboxylic acids is 1.